The Hall–Kier alpha value is -1.66. The second-order valence-corrected chi connectivity index (χ2v) is 4.35. The van der Waals surface area contributed by atoms with Crippen LogP contribution in [0.3, 0.4) is 0 Å². The van der Waals surface area contributed by atoms with Crippen molar-refractivity contribution in [1.29, 1.82) is 0 Å². The Morgan fingerprint density at radius 3 is 1.47 bits per heavy atom. The van der Waals surface area contributed by atoms with Gasteiger partial charge < -0.3 is 18.9 Å². The fraction of sp³-hybridized carbons (Fsp3) is 0.538. The molecular weight excluding hydrogens is 252 g/mol. The van der Waals surface area contributed by atoms with Gasteiger partial charge in [0.05, 0.1) is 0 Å². The molecule has 19 heavy (non-hydrogen) atoms. The molecule has 0 aromatic heterocycles. The number of hydrogen-bond donors (Lipinski definition) is 0. The van der Waals surface area contributed by atoms with Gasteiger partial charge in [0.25, 0.3) is 0 Å². The molecule has 0 aromatic rings. The lowest BCUT2D eigenvalue weighted by Crippen LogP contribution is -2.31. The van der Waals surface area contributed by atoms with Crippen LogP contribution in [0.25, 0.3) is 0 Å². The second-order valence-electron chi connectivity index (χ2n) is 4.35. The molecule has 0 heterocycles. The van der Waals surface area contributed by atoms with Crippen LogP contribution in [-0.4, -0.2) is 31.3 Å². The lowest BCUT2D eigenvalue weighted by molar-refractivity contribution is -0.272. The van der Waals surface area contributed by atoms with Gasteiger partial charge in [-0.3, -0.25) is 0 Å². The summed E-state index contributed by atoms with van der Waals surface area (Å²) in [5.41, 5.74) is 0.551. The Morgan fingerprint density at radius 1 is 0.895 bits per heavy atom. The van der Waals surface area contributed by atoms with E-state index < -0.39 is 17.7 Å². The highest BCUT2D eigenvalue weighted by atomic mass is 16.8. The summed E-state index contributed by atoms with van der Waals surface area (Å²) in [7, 11) is 0. The van der Waals surface area contributed by atoms with Crippen LogP contribution in [0.2, 0.25) is 0 Å². The maximum absolute atomic E-state index is 11.1. The first kappa shape index (κ1) is 17.3. The zero-order valence-corrected chi connectivity index (χ0v) is 11.8. The number of ether oxygens (including phenoxy) is 4. The zero-order chi connectivity index (χ0) is 15.1. The summed E-state index contributed by atoms with van der Waals surface area (Å²) in [6.45, 7) is 12.5. The average Bonchev–Trinajstić information content (AvgIpc) is 2.27. The summed E-state index contributed by atoms with van der Waals surface area (Å²) in [5, 5.41) is 0. The summed E-state index contributed by atoms with van der Waals surface area (Å²) in [6, 6.07) is 0. The fourth-order valence-corrected chi connectivity index (χ4v) is 0.738. The molecule has 0 bridgehead atoms. The van der Waals surface area contributed by atoms with Gasteiger partial charge in [-0.2, -0.15) is 0 Å². The van der Waals surface area contributed by atoms with Crippen molar-refractivity contribution in [3.05, 3.63) is 24.3 Å². The van der Waals surface area contributed by atoms with E-state index >= 15 is 0 Å². The van der Waals surface area contributed by atoms with Gasteiger partial charge in [-0.05, 0) is 27.7 Å². The minimum absolute atomic E-state index is 0.276. The van der Waals surface area contributed by atoms with E-state index in [1.165, 1.54) is 13.8 Å². The topological polar surface area (TPSA) is 71.1 Å². The highest BCUT2D eigenvalue weighted by Crippen LogP contribution is 2.11. The van der Waals surface area contributed by atoms with Crippen LogP contribution in [0.4, 0.5) is 0 Å². The van der Waals surface area contributed by atoms with Gasteiger partial charge >= 0.3 is 11.9 Å². The molecule has 0 amide bonds. The number of hydrogen-bond acceptors (Lipinski definition) is 6. The van der Waals surface area contributed by atoms with E-state index in [0.717, 1.165) is 0 Å². The van der Waals surface area contributed by atoms with Crippen LogP contribution in [0, 0.1) is 0 Å². The van der Waals surface area contributed by atoms with Crippen LogP contribution < -0.4 is 0 Å². The van der Waals surface area contributed by atoms with Gasteiger partial charge in [0.15, 0.2) is 19.4 Å². The third-order valence-corrected chi connectivity index (χ3v) is 1.89. The first-order valence-electron chi connectivity index (χ1n) is 5.59. The van der Waals surface area contributed by atoms with Crippen molar-refractivity contribution >= 4 is 11.9 Å². The van der Waals surface area contributed by atoms with Crippen LogP contribution >= 0.6 is 0 Å². The van der Waals surface area contributed by atoms with E-state index in [-0.39, 0.29) is 24.7 Å². The number of carbonyl (C=O) groups is 2. The predicted molar refractivity (Wildman–Crippen MR) is 67.8 cm³/mol. The standard InChI is InChI=1S/C13H20O6/c1-9(2)11(14)16-7-18-13(5,6)19-8-17-12(15)10(3)4/h1,3,7-8H2,2,4-6H3. The van der Waals surface area contributed by atoms with Crippen molar-refractivity contribution in [3.8, 4) is 0 Å². The van der Waals surface area contributed by atoms with Gasteiger partial charge in [0.2, 0.25) is 0 Å². The van der Waals surface area contributed by atoms with E-state index in [1.54, 1.807) is 13.8 Å². The van der Waals surface area contributed by atoms with Crippen molar-refractivity contribution in [2.75, 3.05) is 13.6 Å². The van der Waals surface area contributed by atoms with E-state index in [0.29, 0.717) is 0 Å². The lowest BCUT2D eigenvalue weighted by Gasteiger charge is -2.24. The SMILES string of the molecule is C=C(C)C(=O)OCOC(C)(C)OCOC(=O)C(=C)C. The maximum Gasteiger partial charge on any atom is 0.335 e. The Balaban J connectivity index is 3.92. The molecule has 0 aliphatic rings. The largest absolute Gasteiger partial charge is 0.435 e. The third-order valence-electron chi connectivity index (χ3n) is 1.89. The molecule has 0 atom stereocenters. The predicted octanol–water partition coefficient (Wildman–Crippen LogP) is 1.91. The van der Waals surface area contributed by atoms with Crippen LogP contribution in [-0.2, 0) is 28.5 Å². The van der Waals surface area contributed by atoms with Gasteiger partial charge in [-0.25, -0.2) is 9.59 Å². The van der Waals surface area contributed by atoms with Crippen molar-refractivity contribution in [1.82, 2.24) is 0 Å². The summed E-state index contributed by atoms with van der Waals surface area (Å²) < 4.78 is 19.8. The number of carbonyl (C=O) groups excluding carboxylic acids is 2. The lowest BCUT2D eigenvalue weighted by atomic mass is 10.4. The van der Waals surface area contributed by atoms with Gasteiger partial charge in [0.1, 0.15) is 0 Å². The molecule has 0 aliphatic heterocycles. The Labute approximate surface area is 113 Å². The minimum atomic E-state index is -1.06. The Morgan fingerprint density at radius 2 is 1.21 bits per heavy atom. The molecule has 0 spiro atoms. The van der Waals surface area contributed by atoms with E-state index in [4.69, 9.17) is 18.9 Å². The molecule has 0 radical (unpaired) electrons. The van der Waals surface area contributed by atoms with Crippen LogP contribution in [0.5, 0.6) is 0 Å². The molecular formula is C13H20O6. The molecule has 0 N–H and O–H groups in total. The highest BCUT2D eigenvalue weighted by molar-refractivity contribution is 5.87. The monoisotopic (exact) mass is 272 g/mol. The summed E-state index contributed by atoms with van der Waals surface area (Å²) >= 11 is 0. The normalized spacial score (nSPS) is 10.7. The minimum Gasteiger partial charge on any atom is -0.435 e. The first-order chi connectivity index (χ1) is 8.65. The summed E-state index contributed by atoms with van der Waals surface area (Å²) in [4.78, 5) is 22.2. The van der Waals surface area contributed by atoms with Crippen molar-refractivity contribution in [2.45, 2.75) is 33.5 Å². The second kappa shape index (κ2) is 7.70. The van der Waals surface area contributed by atoms with Crippen molar-refractivity contribution in [3.63, 3.8) is 0 Å². The maximum atomic E-state index is 11.1. The molecule has 0 aliphatic carbocycles. The first-order valence-corrected chi connectivity index (χ1v) is 5.59. The van der Waals surface area contributed by atoms with Crippen LogP contribution in [0.15, 0.2) is 24.3 Å². The van der Waals surface area contributed by atoms with E-state index in [9.17, 15) is 9.59 Å². The molecule has 0 fully saturated rings. The number of esters is 2. The third kappa shape index (κ3) is 8.12. The Kier molecular flexibility index (Phi) is 7.03. The Bertz CT molecular complexity index is 335. The smallest absolute Gasteiger partial charge is 0.335 e. The number of rotatable bonds is 8. The molecule has 6 nitrogen and oxygen atoms in total. The summed E-state index contributed by atoms with van der Waals surface area (Å²) in [6.07, 6.45) is 0. The quantitative estimate of drug-likeness (QED) is 0.382. The van der Waals surface area contributed by atoms with E-state index in [2.05, 4.69) is 13.2 Å². The molecule has 0 saturated carbocycles. The summed E-state index contributed by atoms with van der Waals surface area (Å²) in [5.74, 6) is -2.17. The van der Waals surface area contributed by atoms with E-state index in [1.807, 2.05) is 0 Å². The van der Waals surface area contributed by atoms with Crippen molar-refractivity contribution in [2.24, 2.45) is 0 Å². The molecule has 6 heteroatoms. The highest BCUT2D eigenvalue weighted by Gasteiger charge is 2.20. The molecule has 0 rings (SSSR count). The molecule has 108 valence electrons. The van der Waals surface area contributed by atoms with Crippen molar-refractivity contribution < 1.29 is 28.5 Å². The van der Waals surface area contributed by atoms with Crippen LogP contribution in [0.1, 0.15) is 27.7 Å². The van der Waals surface area contributed by atoms with Gasteiger partial charge in [-0.1, -0.05) is 13.2 Å². The molecule has 0 saturated heterocycles. The molecule has 0 aromatic carbocycles. The van der Waals surface area contributed by atoms with Gasteiger partial charge in [-0.15, -0.1) is 0 Å². The van der Waals surface area contributed by atoms with Gasteiger partial charge in [0, 0.05) is 11.1 Å². The zero-order valence-electron chi connectivity index (χ0n) is 11.8. The fourth-order valence-electron chi connectivity index (χ4n) is 0.738. The molecule has 0 unspecified atom stereocenters. The average molecular weight is 272 g/mol.